The molecule has 0 spiro atoms. The number of likely N-dealkylation sites (tertiary alicyclic amines) is 1. The number of fused-ring (bicyclic) bond motifs is 1. The minimum Gasteiger partial charge on any atom is -0.377 e. The van der Waals surface area contributed by atoms with Crippen molar-refractivity contribution in [3.63, 3.8) is 0 Å². The number of hydrogen-bond donors (Lipinski definition) is 0. The van der Waals surface area contributed by atoms with E-state index in [2.05, 4.69) is 21.8 Å². The van der Waals surface area contributed by atoms with Crippen LogP contribution in [-0.2, 0) is 16.0 Å². The summed E-state index contributed by atoms with van der Waals surface area (Å²) in [6.07, 6.45) is 7.50. The van der Waals surface area contributed by atoms with Crippen molar-refractivity contribution in [3.8, 4) is 0 Å². The van der Waals surface area contributed by atoms with E-state index in [1.54, 1.807) is 11.3 Å². The van der Waals surface area contributed by atoms with E-state index in [1.807, 2.05) is 12.3 Å². The summed E-state index contributed by atoms with van der Waals surface area (Å²) in [4.78, 5) is 6.93. The van der Waals surface area contributed by atoms with Gasteiger partial charge in [0.25, 0.3) is 0 Å². The lowest BCUT2D eigenvalue weighted by Crippen LogP contribution is -2.56. The Morgan fingerprint density at radius 3 is 3.38 bits per heavy atom. The normalized spacial score (nSPS) is 30.0. The molecule has 3 heterocycles. The Kier molecular flexibility index (Phi) is 5.06. The average Bonchev–Trinajstić information content (AvgIpc) is 3.00. The van der Waals surface area contributed by atoms with Gasteiger partial charge in [0.05, 0.1) is 25.9 Å². The minimum atomic E-state index is 0.150. The molecule has 0 unspecified atom stereocenters. The minimum absolute atomic E-state index is 0.150. The number of aromatic nitrogens is 1. The molecule has 0 bridgehead atoms. The lowest BCUT2D eigenvalue weighted by Gasteiger charge is -2.50. The van der Waals surface area contributed by atoms with Crippen LogP contribution in [-0.4, -0.2) is 48.9 Å². The Hall–Kier alpha value is -0.750. The number of ether oxygens (including phenoxy) is 2. The van der Waals surface area contributed by atoms with E-state index in [1.165, 1.54) is 11.4 Å². The van der Waals surface area contributed by atoms with Crippen molar-refractivity contribution in [2.45, 2.75) is 31.9 Å². The van der Waals surface area contributed by atoms with Crippen LogP contribution in [0.5, 0.6) is 0 Å². The van der Waals surface area contributed by atoms with E-state index >= 15 is 0 Å². The molecule has 0 N–H and O–H groups in total. The molecule has 2 atom stereocenters. The van der Waals surface area contributed by atoms with Gasteiger partial charge in [0.2, 0.25) is 0 Å². The van der Waals surface area contributed by atoms with E-state index in [9.17, 15) is 0 Å². The van der Waals surface area contributed by atoms with Crippen LogP contribution in [0.4, 0.5) is 0 Å². The third-order valence-electron chi connectivity index (χ3n) is 4.53. The predicted octanol–water partition coefficient (Wildman–Crippen LogP) is 2.72. The molecular formula is C16H24N2O2S. The molecule has 2 fully saturated rings. The van der Waals surface area contributed by atoms with Crippen LogP contribution in [0, 0.1) is 5.41 Å². The van der Waals surface area contributed by atoms with Crippen LogP contribution in [0.25, 0.3) is 0 Å². The molecule has 4 nitrogen and oxygen atoms in total. The summed E-state index contributed by atoms with van der Waals surface area (Å²) >= 11 is 1.74. The first-order valence-electron chi connectivity index (χ1n) is 7.73. The Balaban J connectivity index is 1.66. The number of nitrogens with zero attached hydrogens (tertiary/aromatic N) is 2. The van der Waals surface area contributed by atoms with Gasteiger partial charge in [-0.15, -0.1) is 17.9 Å². The van der Waals surface area contributed by atoms with Crippen molar-refractivity contribution >= 4 is 11.3 Å². The van der Waals surface area contributed by atoms with Crippen molar-refractivity contribution < 1.29 is 9.47 Å². The van der Waals surface area contributed by atoms with E-state index < -0.39 is 0 Å². The summed E-state index contributed by atoms with van der Waals surface area (Å²) in [7, 11) is 0. The smallest absolute Gasteiger partial charge is 0.107 e. The van der Waals surface area contributed by atoms with E-state index in [4.69, 9.17) is 9.47 Å². The number of thiazole rings is 1. The van der Waals surface area contributed by atoms with Gasteiger partial charge in [-0.2, -0.15) is 0 Å². The first kappa shape index (κ1) is 15.2. The van der Waals surface area contributed by atoms with Gasteiger partial charge in [-0.05, 0) is 19.3 Å². The highest BCUT2D eigenvalue weighted by atomic mass is 32.1. The first-order chi connectivity index (χ1) is 10.3. The Morgan fingerprint density at radius 2 is 2.57 bits per heavy atom. The summed E-state index contributed by atoms with van der Waals surface area (Å²) in [5.41, 5.74) is 0.150. The molecule has 3 rings (SSSR count). The molecule has 0 aliphatic carbocycles. The lowest BCUT2D eigenvalue weighted by molar-refractivity contribution is -0.152. The van der Waals surface area contributed by atoms with Crippen LogP contribution < -0.4 is 0 Å². The van der Waals surface area contributed by atoms with Crippen molar-refractivity contribution in [2.24, 2.45) is 5.41 Å². The molecule has 5 heteroatoms. The average molecular weight is 308 g/mol. The second kappa shape index (κ2) is 7.01. The van der Waals surface area contributed by atoms with E-state index in [-0.39, 0.29) is 5.41 Å². The second-order valence-electron chi connectivity index (χ2n) is 6.05. The number of piperidine rings is 1. The predicted molar refractivity (Wildman–Crippen MR) is 84.4 cm³/mol. The van der Waals surface area contributed by atoms with Gasteiger partial charge in [-0.25, -0.2) is 4.98 Å². The van der Waals surface area contributed by atoms with Crippen LogP contribution >= 0.6 is 11.3 Å². The number of hydrogen-bond acceptors (Lipinski definition) is 5. The third kappa shape index (κ3) is 3.54. The third-order valence-corrected chi connectivity index (χ3v) is 5.30. The van der Waals surface area contributed by atoms with E-state index in [0.29, 0.717) is 12.7 Å². The highest BCUT2D eigenvalue weighted by Gasteiger charge is 2.46. The molecule has 0 radical (unpaired) electrons. The fraction of sp³-hybridized carbons (Fsp3) is 0.688. The summed E-state index contributed by atoms with van der Waals surface area (Å²) in [6, 6.07) is 0. The summed E-state index contributed by atoms with van der Waals surface area (Å²) < 4.78 is 11.9. The van der Waals surface area contributed by atoms with Crippen molar-refractivity contribution in [1.29, 1.82) is 0 Å². The van der Waals surface area contributed by atoms with Gasteiger partial charge < -0.3 is 9.47 Å². The second-order valence-corrected chi connectivity index (χ2v) is 7.03. The fourth-order valence-corrected chi connectivity index (χ4v) is 4.25. The SMILES string of the molecule is C=CCOC[C@]12CCCO[C@@H]1CCN(Cc1nccs1)C2. The highest BCUT2D eigenvalue weighted by Crippen LogP contribution is 2.40. The van der Waals surface area contributed by atoms with Crippen molar-refractivity contribution in [1.82, 2.24) is 9.88 Å². The maximum atomic E-state index is 6.05. The van der Waals surface area contributed by atoms with Crippen LogP contribution in [0.1, 0.15) is 24.3 Å². The van der Waals surface area contributed by atoms with Crippen LogP contribution in [0.15, 0.2) is 24.2 Å². The zero-order valence-electron chi connectivity index (χ0n) is 12.5. The van der Waals surface area contributed by atoms with Gasteiger partial charge in [0.1, 0.15) is 5.01 Å². The van der Waals surface area contributed by atoms with Gasteiger partial charge >= 0.3 is 0 Å². The molecule has 21 heavy (non-hydrogen) atoms. The summed E-state index contributed by atoms with van der Waals surface area (Å²) in [5, 5.41) is 3.25. The molecule has 2 aliphatic rings. The maximum Gasteiger partial charge on any atom is 0.107 e. The van der Waals surface area contributed by atoms with Crippen molar-refractivity contribution in [2.75, 3.05) is 32.9 Å². The highest BCUT2D eigenvalue weighted by molar-refractivity contribution is 7.09. The topological polar surface area (TPSA) is 34.6 Å². The maximum absolute atomic E-state index is 6.05. The van der Waals surface area contributed by atoms with Gasteiger partial charge in [-0.1, -0.05) is 6.08 Å². The molecule has 0 aromatic carbocycles. The largest absolute Gasteiger partial charge is 0.377 e. The van der Waals surface area contributed by atoms with Crippen LogP contribution in [0.3, 0.4) is 0 Å². The summed E-state index contributed by atoms with van der Waals surface area (Å²) in [6.45, 7) is 9.13. The zero-order valence-corrected chi connectivity index (χ0v) is 13.3. The molecule has 116 valence electrons. The molecular weight excluding hydrogens is 284 g/mol. The monoisotopic (exact) mass is 308 g/mol. The van der Waals surface area contributed by atoms with Crippen molar-refractivity contribution in [3.05, 3.63) is 29.2 Å². The zero-order chi connectivity index (χ0) is 14.5. The molecule has 2 aliphatic heterocycles. The standard InChI is InChI=1S/C16H24N2O2S/c1-2-8-19-13-16-5-3-9-20-14(16)4-7-18(12-16)11-15-17-6-10-21-15/h2,6,10,14H,1,3-5,7-9,11-13H2/t14-,16-/m1/s1. The Labute approximate surface area is 130 Å². The Bertz CT molecular complexity index is 451. The molecule has 1 aromatic heterocycles. The quantitative estimate of drug-likeness (QED) is 0.598. The lowest BCUT2D eigenvalue weighted by atomic mass is 9.73. The first-order valence-corrected chi connectivity index (χ1v) is 8.61. The van der Waals surface area contributed by atoms with Gasteiger partial charge in [0, 0.05) is 36.7 Å². The van der Waals surface area contributed by atoms with E-state index in [0.717, 1.165) is 45.7 Å². The van der Waals surface area contributed by atoms with Gasteiger partial charge in [-0.3, -0.25) is 4.90 Å². The summed E-state index contributed by atoms with van der Waals surface area (Å²) in [5.74, 6) is 0. The number of rotatable bonds is 6. The molecule has 1 aromatic rings. The molecule has 0 amide bonds. The molecule has 2 saturated heterocycles. The molecule has 0 saturated carbocycles. The Morgan fingerprint density at radius 1 is 1.62 bits per heavy atom. The fourth-order valence-electron chi connectivity index (χ4n) is 3.60. The van der Waals surface area contributed by atoms with Gasteiger partial charge in [0.15, 0.2) is 0 Å². The van der Waals surface area contributed by atoms with Crippen LogP contribution in [0.2, 0.25) is 0 Å².